The minimum absolute atomic E-state index is 0.607. The molecule has 4 heteroatoms. The molecule has 1 unspecified atom stereocenters. The molecule has 0 aromatic carbocycles. The summed E-state index contributed by atoms with van der Waals surface area (Å²) in [4.78, 5) is 3.93. The van der Waals surface area contributed by atoms with Crippen molar-refractivity contribution in [3.8, 4) is 0 Å². The van der Waals surface area contributed by atoms with Crippen molar-refractivity contribution in [1.82, 2.24) is 4.90 Å². The smallest absolute Gasteiger partial charge is 0.0331 e. The topological polar surface area (TPSA) is 29.3 Å². The van der Waals surface area contributed by atoms with Gasteiger partial charge in [-0.15, -0.1) is 11.3 Å². The normalized spacial score (nSPS) is 23.1. The van der Waals surface area contributed by atoms with Gasteiger partial charge in [-0.1, -0.05) is 0 Å². The van der Waals surface area contributed by atoms with Crippen LogP contribution in [0.5, 0.6) is 0 Å². The Hall–Kier alpha value is 0.1000. The molecule has 0 aliphatic carbocycles. The predicted molar refractivity (Wildman–Crippen MR) is 64.5 cm³/mol. The molecule has 0 amide bonds. The number of thiophene rings is 1. The Morgan fingerprint density at radius 3 is 3.14 bits per heavy atom. The molecule has 78 valence electrons. The van der Waals surface area contributed by atoms with Crippen molar-refractivity contribution >= 4 is 27.3 Å². The van der Waals surface area contributed by atoms with Gasteiger partial charge in [0.25, 0.3) is 0 Å². The minimum Gasteiger partial charge on any atom is -0.329 e. The molecule has 14 heavy (non-hydrogen) atoms. The van der Waals surface area contributed by atoms with Crippen molar-refractivity contribution < 1.29 is 0 Å². The van der Waals surface area contributed by atoms with Crippen molar-refractivity contribution in [2.45, 2.75) is 25.4 Å². The zero-order chi connectivity index (χ0) is 9.97. The number of halogens is 1. The van der Waals surface area contributed by atoms with Gasteiger partial charge in [-0.05, 0) is 41.4 Å². The van der Waals surface area contributed by atoms with E-state index < -0.39 is 0 Å². The van der Waals surface area contributed by atoms with E-state index in [-0.39, 0.29) is 0 Å². The van der Waals surface area contributed by atoms with Crippen molar-refractivity contribution in [2.24, 2.45) is 5.73 Å². The van der Waals surface area contributed by atoms with Gasteiger partial charge in [-0.2, -0.15) is 0 Å². The maximum Gasteiger partial charge on any atom is 0.0331 e. The van der Waals surface area contributed by atoms with Crippen molar-refractivity contribution in [1.29, 1.82) is 0 Å². The van der Waals surface area contributed by atoms with Gasteiger partial charge in [0, 0.05) is 33.9 Å². The molecule has 2 nitrogen and oxygen atoms in total. The first-order chi connectivity index (χ1) is 6.79. The molecule has 0 spiro atoms. The van der Waals surface area contributed by atoms with E-state index in [1.54, 1.807) is 0 Å². The lowest BCUT2D eigenvalue weighted by Crippen LogP contribution is -2.34. The summed E-state index contributed by atoms with van der Waals surface area (Å²) in [6.07, 6.45) is 2.57. The van der Waals surface area contributed by atoms with Crippen LogP contribution in [-0.2, 0) is 6.54 Å². The van der Waals surface area contributed by atoms with Gasteiger partial charge in [0.15, 0.2) is 0 Å². The molecule has 2 rings (SSSR count). The van der Waals surface area contributed by atoms with Crippen LogP contribution in [-0.4, -0.2) is 24.0 Å². The third-order valence-corrected chi connectivity index (χ3v) is 4.43. The molecule has 1 aromatic heterocycles. The molecule has 0 radical (unpaired) electrons. The Morgan fingerprint density at radius 1 is 1.64 bits per heavy atom. The summed E-state index contributed by atoms with van der Waals surface area (Å²) in [5, 5.41) is 2.14. The zero-order valence-corrected chi connectivity index (χ0v) is 10.5. The number of hydrogen-bond donors (Lipinski definition) is 1. The van der Waals surface area contributed by atoms with E-state index in [9.17, 15) is 0 Å². The molecule has 0 bridgehead atoms. The molecular formula is C10H15BrN2S. The van der Waals surface area contributed by atoms with E-state index in [0.717, 1.165) is 13.1 Å². The van der Waals surface area contributed by atoms with E-state index in [1.165, 1.54) is 28.7 Å². The number of rotatable bonds is 3. The lowest BCUT2D eigenvalue weighted by Gasteiger charge is -2.22. The number of likely N-dealkylation sites (tertiary alicyclic amines) is 1. The lowest BCUT2D eigenvalue weighted by molar-refractivity contribution is 0.252. The number of hydrogen-bond acceptors (Lipinski definition) is 3. The molecule has 2 heterocycles. The van der Waals surface area contributed by atoms with Crippen LogP contribution < -0.4 is 5.73 Å². The molecule has 1 fully saturated rings. The van der Waals surface area contributed by atoms with Gasteiger partial charge >= 0.3 is 0 Å². The van der Waals surface area contributed by atoms with E-state index in [1.807, 2.05) is 11.3 Å². The van der Waals surface area contributed by atoms with Crippen LogP contribution >= 0.6 is 27.3 Å². The average Bonchev–Trinajstić information content (AvgIpc) is 2.76. The second-order valence-electron chi connectivity index (χ2n) is 3.73. The highest BCUT2D eigenvalue weighted by Gasteiger charge is 2.23. The Labute approximate surface area is 97.2 Å². The standard InChI is InChI=1S/C10H15BrN2S/c11-8-4-10(14-7-8)6-13-3-1-2-9(13)5-12/h4,7,9H,1-3,5-6,12H2. The van der Waals surface area contributed by atoms with Crippen LogP contribution in [0.2, 0.25) is 0 Å². The molecule has 0 saturated carbocycles. The third-order valence-electron chi connectivity index (χ3n) is 2.75. The fourth-order valence-corrected chi connectivity index (χ4v) is 3.48. The monoisotopic (exact) mass is 274 g/mol. The molecule has 1 aromatic rings. The fraction of sp³-hybridized carbons (Fsp3) is 0.600. The van der Waals surface area contributed by atoms with Gasteiger partial charge in [0.05, 0.1) is 0 Å². The van der Waals surface area contributed by atoms with E-state index in [2.05, 4.69) is 32.3 Å². The molecule has 1 aliphatic rings. The first-order valence-electron chi connectivity index (χ1n) is 4.96. The summed E-state index contributed by atoms with van der Waals surface area (Å²) >= 11 is 5.30. The number of nitrogens with zero attached hydrogens (tertiary/aromatic N) is 1. The quantitative estimate of drug-likeness (QED) is 0.918. The molecular weight excluding hydrogens is 260 g/mol. The largest absolute Gasteiger partial charge is 0.329 e. The van der Waals surface area contributed by atoms with E-state index in [0.29, 0.717) is 6.04 Å². The highest BCUT2D eigenvalue weighted by Crippen LogP contribution is 2.24. The van der Waals surface area contributed by atoms with Gasteiger partial charge in [-0.3, -0.25) is 4.90 Å². The van der Waals surface area contributed by atoms with E-state index in [4.69, 9.17) is 5.73 Å². The van der Waals surface area contributed by atoms with Crippen LogP contribution in [0.3, 0.4) is 0 Å². The summed E-state index contributed by atoms with van der Waals surface area (Å²) < 4.78 is 1.20. The van der Waals surface area contributed by atoms with Crippen molar-refractivity contribution in [3.05, 3.63) is 20.8 Å². The van der Waals surface area contributed by atoms with Crippen LogP contribution in [0, 0.1) is 0 Å². The molecule has 1 aliphatic heterocycles. The van der Waals surface area contributed by atoms with Crippen LogP contribution in [0.25, 0.3) is 0 Å². The highest BCUT2D eigenvalue weighted by atomic mass is 79.9. The first-order valence-corrected chi connectivity index (χ1v) is 6.64. The fourth-order valence-electron chi connectivity index (χ4n) is 2.01. The zero-order valence-electron chi connectivity index (χ0n) is 8.08. The Bertz CT molecular complexity index is 300. The Kier molecular flexibility index (Phi) is 3.60. The predicted octanol–water partition coefficient (Wildman–Crippen LogP) is 2.43. The van der Waals surface area contributed by atoms with Crippen molar-refractivity contribution in [2.75, 3.05) is 13.1 Å². The number of nitrogens with two attached hydrogens (primary N) is 1. The third kappa shape index (κ3) is 2.37. The summed E-state index contributed by atoms with van der Waals surface area (Å²) in [7, 11) is 0. The molecule has 2 N–H and O–H groups in total. The van der Waals surface area contributed by atoms with Gasteiger partial charge in [0.1, 0.15) is 0 Å². The molecule has 1 atom stereocenters. The van der Waals surface area contributed by atoms with E-state index >= 15 is 0 Å². The molecule has 1 saturated heterocycles. The highest BCUT2D eigenvalue weighted by molar-refractivity contribution is 9.10. The summed E-state index contributed by atoms with van der Waals surface area (Å²) in [6, 6.07) is 2.81. The van der Waals surface area contributed by atoms with Gasteiger partial charge < -0.3 is 5.73 Å². The van der Waals surface area contributed by atoms with Crippen LogP contribution in [0.4, 0.5) is 0 Å². The SMILES string of the molecule is NCC1CCCN1Cc1cc(Br)cs1. The second-order valence-corrected chi connectivity index (χ2v) is 5.64. The first kappa shape index (κ1) is 10.6. The maximum absolute atomic E-state index is 5.74. The Morgan fingerprint density at radius 2 is 2.50 bits per heavy atom. The summed E-state index contributed by atoms with van der Waals surface area (Å²) in [6.45, 7) is 3.07. The maximum atomic E-state index is 5.74. The van der Waals surface area contributed by atoms with Gasteiger partial charge in [-0.25, -0.2) is 0 Å². The average molecular weight is 275 g/mol. The second kappa shape index (κ2) is 4.75. The van der Waals surface area contributed by atoms with Crippen LogP contribution in [0.15, 0.2) is 15.9 Å². The Balaban J connectivity index is 1.96. The van der Waals surface area contributed by atoms with Gasteiger partial charge in [0.2, 0.25) is 0 Å². The van der Waals surface area contributed by atoms with Crippen molar-refractivity contribution in [3.63, 3.8) is 0 Å². The summed E-state index contributed by atoms with van der Waals surface area (Å²) in [5.74, 6) is 0. The summed E-state index contributed by atoms with van der Waals surface area (Å²) in [5.41, 5.74) is 5.74. The minimum atomic E-state index is 0.607. The lowest BCUT2D eigenvalue weighted by atomic mass is 10.2. The van der Waals surface area contributed by atoms with Crippen LogP contribution in [0.1, 0.15) is 17.7 Å².